The molecule has 5 nitrogen and oxygen atoms in total. The van der Waals surface area contributed by atoms with Crippen LogP contribution in [0.25, 0.3) is 0 Å². The quantitative estimate of drug-likeness (QED) is 0.762. The van der Waals surface area contributed by atoms with E-state index in [1.165, 1.54) is 0 Å². The van der Waals surface area contributed by atoms with Crippen LogP contribution < -0.4 is 5.32 Å². The summed E-state index contributed by atoms with van der Waals surface area (Å²) in [6, 6.07) is 3.69. The largest absolute Gasteiger partial charge is 0.396 e. The van der Waals surface area contributed by atoms with Crippen LogP contribution in [0.5, 0.6) is 0 Å². The fraction of sp³-hybridized carbons (Fsp3) is 0.500. The minimum absolute atomic E-state index is 0.0864. The molecule has 1 unspecified atom stereocenters. The summed E-state index contributed by atoms with van der Waals surface area (Å²) in [5, 5.41) is 20.5. The van der Waals surface area contributed by atoms with Gasteiger partial charge in [-0.3, -0.25) is 0 Å². The lowest BCUT2D eigenvalue weighted by Crippen LogP contribution is -2.18. The molecule has 0 saturated carbocycles. The van der Waals surface area contributed by atoms with Crippen molar-refractivity contribution in [3.05, 3.63) is 17.5 Å². The minimum Gasteiger partial charge on any atom is -0.396 e. The average Bonchev–Trinajstić information content (AvgIpc) is 2.17. The third-order valence-corrected chi connectivity index (χ3v) is 1.91. The van der Waals surface area contributed by atoms with Gasteiger partial charge in [0.15, 0.2) is 0 Å². The zero-order chi connectivity index (χ0) is 11.3. The van der Waals surface area contributed by atoms with Crippen molar-refractivity contribution in [1.29, 1.82) is 5.26 Å². The second-order valence-electron chi connectivity index (χ2n) is 3.39. The maximum atomic E-state index is 8.74. The number of nitrogens with one attached hydrogen (secondary N) is 1. The van der Waals surface area contributed by atoms with Crippen LogP contribution in [0.2, 0.25) is 0 Å². The van der Waals surface area contributed by atoms with Crippen LogP contribution in [0.4, 0.5) is 5.95 Å². The Morgan fingerprint density at radius 3 is 2.93 bits per heavy atom. The highest BCUT2D eigenvalue weighted by Gasteiger charge is 2.05. The molecule has 15 heavy (non-hydrogen) atoms. The highest BCUT2D eigenvalue weighted by molar-refractivity contribution is 5.33. The Hall–Kier alpha value is -1.67. The Labute approximate surface area is 88.8 Å². The first kappa shape index (κ1) is 11.4. The Morgan fingerprint density at radius 1 is 1.60 bits per heavy atom. The van der Waals surface area contributed by atoms with Crippen LogP contribution in [0.3, 0.4) is 0 Å². The maximum absolute atomic E-state index is 8.74. The van der Waals surface area contributed by atoms with Crippen molar-refractivity contribution in [3.8, 4) is 6.07 Å². The van der Waals surface area contributed by atoms with Gasteiger partial charge in [-0.05, 0) is 26.3 Å². The van der Waals surface area contributed by atoms with E-state index in [0.717, 1.165) is 5.69 Å². The van der Waals surface area contributed by atoms with E-state index in [-0.39, 0.29) is 12.6 Å². The second kappa shape index (κ2) is 5.27. The normalized spacial score (nSPS) is 11.9. The Balaban J connectivity index is 2.77. The predicted molar refractivity (Wildman–Crippen MR) is 56.3 cm³/mol. The van der Waals surface area contributed by atoms with Crippen molar-refractivity contribution < 1.29 is 5.11 Å². The Morgan fingerprint density at radius 2 is 2.33 bits per heavy atom. The van der Waals surface area contributed by atoms with Crippen molar-refractivity contribution in [3.63, 3.8) is 0 Å². The van der Waals surface area contributed by atoms with Gasteiger partial charge in [0.05, 0.1) is 0 Å². The number of aromatic nitrogens is 2. The lowest BCUT2D eigenvalue weighted by molar-refractivity contribution is 0.282. The molecule has 0 aromatic carbocycles. The van der Waals surface area contributed by atoms with Gasteiger partial charge in [0.25, 0.3) is 0 Å². The van der Waals surface area contributed by atoms with Crippen molar-refractivity contribution >= 4 is 5.95 Å². The molecule has 0 fully saturated rings. The van der Waals surface area contributed by atoms with Gasteiger partial charge in [0, 0.05) is 18.3 Å². The number of rotatable bonds is 4. The number of hydrogen-bond donors (Lipinski definition) is 2. The first-order chi connectivity index (χ1) is 7.15. The molecule has 5 heteroatoms. The van der Waals surface area contributed by atoms with Crippen molar-refractivity contribution in [2.45, 2.75) is 26.3 Å². The molecule has 2 N–H and O–H groups in total. The van der Waals surface area contributed by atoms with Gasteiger partial charge in [0.1, 0.15) is 11.8 Å². The van der Waals surface area contributed by atoms with Crippen LogP contribution in [0.15, 0.2) is 6.07 Å². The number of aryl methyl sites for hydroxylation is 1. The van der Waals surface area contributed by atoms with E-state index >= 15 is 0 Å². The van der Waals surface area contributed by atoms with Crippen molar-refractivity contribution in [2.75, 3.05) is 11.9 Å². The van der Waals surface area contributed by atoms with Crippen molar-refractivity contribution in [2.24, 2.45) is 0 Å². The zero-order valence-corrected chi connectivity index (χ0v) is 8.86. The van der Waals surface area contributed by atoms with Crippen LogP contribution in [0.1, 0.15) is 24.7 Å². The lowest BCUT2D eigenvalue weighted by atomic mass is 10.2. The number of aliphatic hydroxyl groups is 1. The fourth-order valence-electron chi connectivity index (χ4n) is 1.18. The van der Waals surface area contributed by atoms with Gasteiger partial charge in [-0.2, -0.15) is 5.26 Å². The van der Waals surface area contributed by atoms with Crippen LogP contribution in [-0.4, -0.2) is 27.7 Å². The molecule has 1 aromatic rings. The SMILES string of the molecule is Cc1cc(C#N)nc(NC(C)CCO)n1. The molecule has 80 valence electrons. The number of nitrogens with zero attached hydrogens (tertiary/aromatic N) is 3. The predicted octanol–water partition coefficient (Wildman–Crippen LogP) is 0.839. The first-order valence-corrected chi connectivity index (χ1v) is 4.79. The molecular formula is C10H14N4O. The van der Waals surface area contributed by atoms with E-state index in [0.29, 0.717) is 18.1 Å². The van der Waals surface area contributed by atoms with Crippen LogP contribution in [-0.2, 0) is 0 Å². The molecule has 1 heterocycles. The Bertz CT molecular complexity index is 372. The number of nitriles is 1. The molecule has 0 radical (unpaired) electrons. The summed E-state index contributed by atoms with van der Waals surface area (Å²) in [5.74, 6) is 0.438. The van der Waals surface area contributed by atoms with E-state index in [1.807, 2.05) is 19.9 Å². The number of aliphatic hydroxyl groups excluding tert-OH is 1. The van der Waals surface area contributed by atoms with Gasteiger partial charge >= 0.3 is 0 Å². The third-order valence-electron chi connectivity index (χ3n) is 1.91. The van der Waals surface area contributed by atoms with E-state index in [9.17, 15) is 0 Å². The smallest absolute Gasteiger partial charge is 0.224 e. The van der Waals surface area contributed by atoms with Crippen LogP contribution >= 0.6 is 0 Å². The molecule has 0 amide bonds. The number of hydrogen-bond acceptors (Lipinski definition) is 5. The standard InChI is InChI=1S/C10H14N4O/c1-7(3-4-15)12-10-13-8(2)5-9(6-11)14-10/h5,7,15H,3-4H2,1-2H3,(H,12,13,14). The topological polar surface area (TPSA) is 81.8 Å². The van der Waals surface area contributed by atoms with Gasteiger partial charge in [-0.25, -0.2) is 9.97 Å². The van der Waals surface area contributed by atoms with E-state index in [1.54, 1.807) is 6.07 Å². The summed E-state index contributed by atoms with van der Waals surface area (Å²) in [5.41, 5.74) is 1.10. The summed E-state index contributed by atoms with van der Waals surface area (Å²) in [4.78, 5) is 8.16. The highest BCUT2D eigenvalue weighted by atomic mass is 16.3. The molecule has 0 spiro atoms. The summed E-state index contributed by atoms with van der Waals surface area (Å²) in [6.07, 6.45) is 0.624. The van der Waals surface area contributed by atoms with Crippen LogP contribution in [0, 0.1) is 18.3 Å². The zero-order valence-electron chi connectivity index (χ0n) is 8.86. The summed E-state index contributed by atoms with van der Waals surface area (Å²) in [6.45, 7) is 3.85. The average molecular weight is 206 g/mol. The molecular weight excluding hydrogens is 192 g/mol. The number of anilines is 1. The molecule has 0 aliphatic carbocycles. The third kappa shape index (κ3) is 3.52. The molecule has 1 aromatic heterocycles. The molecule has 0 aliphatic rings. The first-order valence-electron chi connectivity index (χ1n) is 4.79. The second-order valence-corrected chi connectivity index (χ2v) is 3.39. The van der Waals surface area contributed by atoms with E-state index in [4.69, 9.17) is 10.4 Å². The minimum atomic E-state index is 0.0864. The van der Waals surface area contributed by atoms with Gasteiger partial charge in [-0.1, -0.05) is 0 Å². The molecule has 0 saturated heterocycles. The monoisotopic (exact) mass is 206 g/mol. The summed E-state index contributed by atoms with van der Waals surface area (Å²) < 4.78 is 0. The fourth-order valence-corrected chi connectivity index (χ4v) is 1.18. The molecule has 1 atom stereocenters. The summed E-state index contributed by atoms with van der Waals surface area (Å²) >= 11 is 0. The van der Waals surface area contributed by atoms with Crippen molar-refractivity contribution in [1.82, 2.24) is 9.97 Å². The Kier molecular flexibility index (Phi) is 4.01. The van der Waals surface area contributed by atoms with Gasteiger partial charge in [-0.15, -0.1) is 0 Å². The van der Waals surface area contributed by atoms with Gasteiger partial charge < -0.3 is 10.4 Å². The lowest BCUT2D eigenvalue weighted by Gasteiger charge is -2.12. The highest BCUT2D eigenvalue weighted by Crippen LogP contribution is 2.06. The van der Waals surface area contributed by atoms with Gasteiger partial charge in [0.2, 0.25) is 5.95 Å². The van der Waals surface area contributed by atoms with E-state index in [2.05, 4.69) is 15.3 Å². The molecule has 1 rings (SSSR count). The summed E-state index contributed by atoms with van der Waals surface area (Å²) in [7, 11) is 0. The molecule has 0 bridgehead atoms. The van der Waals surface area contributed by atoms with E-state index < -0.39 is 0 Å². The maximum Gasteiger partial charge on any atom is 0.224 e. The molecule has 0 aliphatic heterocycles.